The summed E-state index contributed by atoms with van der Waals surface area (Å²) in [7, 11) is -2.58. The molecule has 0 radical (unpaired) electrons. The number of unbranched alkanes of at least 4 members (excludes halogenated alkanes) is 3. The van der Waals surface area contributed by atoms with Crippen molar-refractivity contribution in [3.05, 3.63) is 70.8 Å². The van der Waals surface area contributed by atoms with Crippen LogP contribution in [0.25, 0.3) is 0 Å². The third-order valence-electron chi connectivity index (χ3n) is 8.57. The third-order valence-corrected chi connectivity index (χ3v) is 27.8. The van der Waals surface area contributed by atoms with Gasteiger partial charge in [0.1, 0.15) is 0 Å². The summed E-state index contributed by atoms with van der Waals surface area (Å²) in [5, 5.41) is 13.8. The van der Waals surface area contributed by atoms with Crippen molar-refractivity contribution in [2.24, 2.45) is 5.92 Å². The first-order valence-corrected chi connectivity index (χ1v) is 25.4. The molecule has 4 heteroatoms. The zero-order valence-electron chi connectivity index (χ0n) is 26.2. The Labute approximate surface area is 246 Å². The van der Waals surface area contributed by atoms with E-state index in [1.807, 2.05) is 0 Å². The molecule has 0 bridgehead atoms. The number of benzene rings is 2. The Morgan fingerprint density at radius 3 is 1.62 bits per heavy atom. The van der Waals surface area contributed by atoms with Crippen LogP contribution in [-0.4, -0.2) is 44.5 Å². The van der Waals surface area contributed by atoms with Gasteiger partial charge in [-0.1, -0.05) is 0 Å². The number of aliphatic hydroxyl groups is 1. The molecular formula is C35H58O2SiSn. The molecule has 2 aromatic carbocycles. The normalized spacial score (nSPS) is 14.6. The van der Waals surface area contributed by atoms with Crippen molar-refractivity contribution in [3.63, 3.8) is 0 Å². The Balaban J connectivity index is 2.23. The van der Waals surface area contributed by atoms with E-state index in [4.69, 9.17) is 4.43 Å². The van der Waals surface area contributed by atoms with Gasteiger partial charge in [0.25, 0.3) is 0 Å². The maximum atomic E-state index is 11.3. The molecule has 2 rings (SSSR count). The van der Waals surface area contributed by atoms with Gasteiger partial charge < -0.3 is 0 Å². The monoisotopic (exact) mass is 658 g/mol. The molecule has 2 nitrogen and oxygen atoms in total. The van der Waals surface area contributed by atoms with Crippen molar-refractivity contribution in [2.45, 2.75) is 118 Å². The van der Waals surface area contributed by atoms with Crippen LogP contribution in [0.2, 0.25) is 18.3 Å². The summed E-state index contributed by atoms with van der Waals surface area (Å²) in [4.78, 5) is 0. The summed E-state index contributed by atoms with van der Waals surface area (Å²) >= 11 is -2.32. The number of aliphatic hydroxyl groups excluding tert-OH is 1. The zero-order valence-corrected chi connectivity index (χ0v) is 30.1. The first kappa shape index (κ1) is 34.3. The van der Waals surface area contributed by atoms with Crippen LogP contribution in [-0.2, 0) is 4.43 Å². The molecule has 0 aliphatic carbocycles. The topological polar surface area (TPSA) is 29.5 Å². The predicted molar refractivity (Wildman–Crippen MR) is 177 cm³/mol. The molecule has 0 spiro atoms. The molecule has 39 heavy (non-hydrogen) atoms. The van der Waals surface area contributed by atoms with E-state index in [0.29, 0.717) is 6.61 Å². The Bertz CT molecular complexity index is 877. The van der Waals surface area contributed by atoms with Crippen LogP contribution in [0.3, 0.4) is 0 Å². The van der Waals surface area contributed by atoms with Crippen molar-refractivity contribution < 1.29 is 9.53 Å². The van der Waals surface area contributed by atoms with Gasteiger partial charge in [-0.15, -0.1) is 0 Å². The summed E-state index contributed by atoms with van der Waals surface area (Å²) in [6, 6.07) is 21.7. The summed E-state index contributed by atoms with van der Waals surface area (Å²) in [6.07, 6.45) is 10.8. The molecule has 0 fully saturated rings. The fraction of sp³-hybridized carbons (Fsp3) is 0.600. The van der Waals surface area contributed by atoms with E-state index in [2.05, 4.69) is 119 Å². The van der Waals surface area contributed by atoms with Gasteiger partial charge in [0.2, 0.25) is 0 Å². The van der Waals surface area contributed by atoms with Gasteiger partial charge in [0.05, 0.1) is 0 Å². The van der Waals surface area contributed by atoms with Crippen LogP contribution in [0.15, 0.2) is 70.8 Å². The van der Waals surface area contributed by atoms with Crippen molar-refractivity contribution in [3.8, 4) is 0 Å². The van der Waals surface area contributed by atoms with Crippen LogP contribution >= 0.6 is 0 Å². The summed E-state index contributed by atoms with van der Waals surface area (Å²) in [5.41, 5.74) is 0. The van der Waals surface area contributed by atoms with Gasteiger partial charge in [0.15, 0.2) is 0 Å². The molecule has 2 aromatic rings. The minimum atomic E-state index is -2.58. The quantitative estimate of drug-likeness (QED) is 0.162. The van der Waals surface area contributed by atoms with Crippen LogP contribution in [0.5, 0.6) is 0 Å². The summed E-state index contributed by atoms with van der Waals surface area (Å²) < 4.78 is 14.3. The van der Waals surface area contributed by atoms with E-state index in [-0.39, 0.29) is 17.1 Å². The Kier molecular flexibility index (Phi) is 15.1. The van der Waals surface area contributed by atoms with Gasteiger partial charge in [-0.05, 0) is 0 Å². The molecule has 218 valence electrons. The SMILES string of the molecule is CCC[CH2][Sn](/[CH]=C/C[C@@H](O)[C@H](C)CO[Si](c1ccccc1)(c1ccccc1)C(C)(C)C)([CH2]CCC)[CH2]CCC. The fourth-order valence-corrected chi connectivity index (χ4v) is 25.1. The molecule has 0 aromatic heterocycles. The second-order valence-electron chi connectivity index (χ2n) is 12.8. The van der Waals surface area contributed by atoms with E-state index < -0.39 is 26.7 Å². The van der Waals surface area contributed by atoms with Crippen molar-refractivity contribution in [2.75, 3.05) is 6.61 Å². The van der Waals surface area contributed by atoms with Crippen LogP contribution < -0.4 is 10.4 Å². The van der Waals surface area contributed by atoms with E-state index in [0.717, 1.165) is 6.42 Å². The zero-order chi connectivity index (χ0) is 28.8. The van der Waals surface area contributed by atoms with E-state index in [1.165, 1.54) is 62.2 Å². The minimum absolute atomic E-state index is 0.0494. The van der Waals surface area contributed by atoms with Crippen LogP contribution in [0.4, 0.5) is 0 Å². The molecular weight excluding hydrogens is 599 g/mol. The van der Waals surface area contributed by atoms with Crippen molar-refractivity contribution >= 4 is 37.1 Å². The molecule has 0 unspecified atom stereocenters. The second-order valence-corrected chi connectivity index (χ2v) is 30.1. The molecule has 0 saturated carbocycles. The molecule has 0 aliphatic rings. The molecule has 0 amide bonds. The van der Waals surface area contributed by atoms with E-state index in [1.54, 1.807) is 0 Å². The van der Waals surface area contributed by atoms with Crippen LogP contribution in [0, 0.1) is 5.92 Å². The Hall–Kier alpha value is -0.884. The third kappa shape index (κ3) is 9.86. The molecule has 0 saturated heterocycles. The Morgan fingerprint density at radius 1 is 0.795 bits per heavy atom. The van der Waals surface area contributed by atoms with Gasteiger partial charge >= 0.3 is 248 Å². The van der Waals surface area contributed by atoms with Gasteiger partial charge in [-0.2, -0.15) is 0 Å². The van der Waals surface area contributed by atoms with Gasteiger partial charge in [-0.3, -0.25) is 0 Å². The van der Waals surface area contributed by atoms with Crippen molar-refractivity contribution in [1.82, 2.24) is 0 Å². The fourth-order valence-electron chi connectivity index (χ4n) is 6.03. The summed E-state index contributed by atoms with van der Waals surface area (Å²) in [5.74, 6) is 0.0721. The molecule has 0 aliphatic heterocycles. The number of rotatable bonds is 18. The van der Waals surface area contributed by atoms with Crippen LogP contribution in [0.1, 0.15) is 93.4 Å². The second kappa shape index (κ2) is 17.2. The molecule has 2 atom stereocenters. The van der Waals surface area contributed by atoms with Gasteiger partial charge in [-0.25, -0.2) is 0 Å². The first-order valence-electron chi connectivity index (χ1n) is 15.8. The Morgan fingerprint density at radius 2 is 1.23 bits per heavy atom. The molecule has 1 N–H and O–H groups in total. The van der Waals surface area contributed by atoms with E-state index in [9.17, 15) is 5.11 Å². The van der Waals surface area contributed by atoms with Crippen molar-refractivity contribution in [1.29, 1.82) is 0 Å². The number of hydrogen-bond acceptors (Lipinski definition) is 2. The maximum absolute atomic E-state index is 11.3. The standard InChI is InChI=1S/C23H31O2Si.3C4H9.Sn/c1-6-13-22(24)19(2)18-25-26(23(3,4)5,20-14-9-7-10-15-20)21-16-11-8-12-17-21;3*1-3-4-2;/h1,6-12,14-17,19,22,24H,13,18H2,2-5H3;3*1,3-4H2,2H3;/t19-,22-;;;;/m1..../s1. The average Bonchev–Trinajstić information content (AvgIpc) is 2.94. The number of hydrogen-bond donors (Lipinski definition) is 1. The first-order chi connectivity index (χ1) is 18.7. The molecule has 0 heterocycles. The predicted octanol–water partition coefficient (Wildman–Crippen LogP) is 8.89. The van der Waals surface area contributed by atoms with E-state index >= 15 is 0 Å². The van der Waals surface area contributed by atoms with Gasteiger partial charge in [0, 0.05) is 0 Å². The average molecular weight is 658 g/mol. The summed E-state index contributed by atoms with van der Waals surface area (Å²) in [6.45, 7) is 16.7.